The van der Waals surface area contributed by atoms with E-state index >= 15 is 0 Å². The lowest BCUT2D eigenvalue weighted by molar-refractivity contribution is 0.533. The molecule has 1 heterocycles. The van der Waals surface area contributed by atoms with Crippen LogP contribution in [-0.4, -0.2) is 4.98 Å². The van der Waals surface area contributed by atoms with Gasteiger partial charge in [-0.2, -0.15) is 0 Å². The van der Waals surface area contributed by atoms with Gasteiger partial charge in [0.15, 0.2) is 5.89 Å². The smallest absolute Gasteiger partial charge is 0.230 e. The van der Waals surface area contributed by atoms with E-state index in [2.05, 4.69) is 10.4 Å². The predicted molar refractivity (Wildman–Crippen MR) is 33.8 cm³/mol. The van der Waals surface area contributed by atoms with Gasteiger partial charge < -0.3 is 4.42 Å². The summed E-state index contributed by atoms with van der Waals surface area (Å²) in [7, 11) is 0. The van der Waals surface area contributed by atoms with Crippen molar-refractivity contribution in [1.82, 2.24) is 4.98 Å². The number of anilines is 1. The van der Waals surface area contributed by atoms with Crippen LogP contribution in [-0.2, 0) is 0 Å². The number of nitrogens with two attached hydrogens (primary N) is 1. The molecule has 9 heavy (non-hydrogen) atoms. The number of nitrogens with zero attached hydrogens (tertiary/aromatic N) is 1. The number of hydrogen-bond donors (Lipinski definition) is 2. The molecule has 0 fully saturated rings. The number of nitrogen functional groups attached to an aromatic ring is 1. The molecule has 0 atom stereocenters. The third kappa shape index (κ3) is 1.02. The Balaban J connectivity index is 3.01. The molecule has 1 aromatic rings. The molecule has 0 spiro atoms. The van der Waals surface area contributed by atoms with Crippen molar-refractivity contribution in [2.45, 2.75) is 13.8 Å². The summed E-state index contributed by atoms with van der Waals surface area (Å²) in [6.07, 6.45) is 0. The molecular weight excluding hydrogens is 118 g/mol. The molecular formula is C5H9N3O. The van der Waals surface area contributed by atoms with Crippen LogP contribution in [0.4, 0.5) is 5.88 Å². The molecule has 0 aliphatic carbocycles. The number of oxazole rings is 1. The lowest BCUT2D eigenvalue weighted by atomic mass is 10.5. The fraction of sp³-hybridized carbons (Fsp3) is 0.400. The predicted octanol–water partition coefficient (Wildman–Crippen LogP) is 0.577. The topological polar surface area (TPSA) is 64.1 Å². The van der Waals surface area contributed by atoms with E-state index < -0.39 is 0 Å². The Hall–Kier alpha value is -1.03. The standard InChI is InChI=1S/C5H9N3O/c1-3-5(8-6)9-4(2)7-3/h8H,6H2,1-2H3. The van der Waals surface area contributed by atoms with Crippen molar-refractivity contribution in [1.29, 1.82) is 0 Å². The summed E-state index contributed by atoms with van der Waals surface area (Å²) in [4.78, 5) is 3.97. The monoisotopic (exact) mass is 127 g/mol. The molecule has 0 aliphatic heterocycles. The zero-order valence-corrected chi connectivity index (χ0v) is 5.43. The van der Waals surface area contributed by atoms with Crippen LogP contribution in [0.5, 0.6) is 0 Å². The van der Waals surface area contributed by atoms with Gasteiger partial charge in [0.1, 0.15) is 5.69 Å². The minimum absolute atomic E-state index is 0.535. The summed E-state index contributed by atoms with van der Waals surface area (Å²) in [5.41, 5.74) is 3.17. The van der Waals surface area contributed by atoms with E-state index in [9.17, 15) is 0 Å². The first-order chi connectivity index (χ1) is 4.24. The summed E-state index contributed by atoms with van der Waals surface area (Å²) in [6.45, 7) is 3.60. The molecule has 0 aromatic carbocycles. The maximum absolute atomic E-state index is 5.08. The highest BCUT2D eigenvalue weighted by atomic mass is 16.4. The zero-order valence-electron chi connectivity index (χ0n) is 5.43. The Morgan fingerprint density at radius 1 is 1.56 bits per heavy atom. The minimum atomic E-state index is 0.535. The second-order valence-electron chi connectivity index (χ2n) is 1.79. The summed E-state index contributed by atoms with van der Waals surface area (Å²) >= 11 is 0. The minimum Gasteiger partial charge on any atom is -0.424 e. The second-order valence-corrected chi connectivity index (χ2v) is 1.79. The molecule has 0 amide bonds. The van der Waals surface area contributed by atoms with Crippen LogP contribution < -0.4 is 11.3 Å². The van der Waals surface area contributed by atoms with E-state index in [1.165, 1.54) is 0 Å². The number of aromatic nitrogens is 1. The van der Waals surface area contributed by atoms with Gasteiger partial charge in [0, 0.05) is 6.92 Å². The van der Waals surface area contributed by atoms with E-state index in [4.69, 9.17) is 10.3 Å². The first-order valence-electron chi connectivity index (χ1n) is 2.64. The quantitative estimate of drug-likeness (QED) is 0.427. The number of hydrazine groups is 1. The third-order valence-corrected chi connectivity index (χ3v) is 1.03. The molecule has 0 saturated heterocycles. The molecule has 3 N–H and O–H groups in total. The Labute approximate surface area is 53.0 Å². The molecule has 0 aliphatic rings. The second kappa shape index (κ2) is 2.06. The van der Waals surface area contributed by atoms with Crippen LogP contribution >= 0.6 is 0 Å². The van der Waals surface area contributed by atoms with Gasteiger partial charge in [-0.3, -0.25) is 5.43 Å². The van der Waals surface area contributed by atoms with Gasteiger partial charge in [-0.15, -0.1) is 0 Å². The molecule has 1 aromatic heterocycles. The van der Waals surface area contributed by atoms with Crippen molar-refractivity contribution in [2.75, 3.05) is 5.43 Å². The Morgan fingerprint density at radius 2 is 2.22 bits per heavy atom. The molecule has 0 bridgehead atoms. The normalized spacial score (nSPS) is 9.67. The van der Waals surface area contributed by atoms with Gasteiger partial charge in [0.05, 0.1) is 0 Å². The first-order valence-corrected chi connectivity index (χ1v) is 2.64. The summed E-state index contributed by atoms with van der Waals surface area (Å²) in [5, 5.41) is 0. The van der Waals surface area contributed by atoms with Crippen molar-refractivity contribution < 1.29 is 4.42 Å². The average Bonchev–Trinajstić information content (AvgIpc) is 2.10. The van der Waals surface area contributed by atoms with Crippen LogP contribution in [0, 0.1) is 13.8 Å². The van der Waals surface area contributed by atoms with E-state index in [-0.39, 0.29) is 0 Å². The van der Waals surface area contributed by atoms with Crippen LogP contribution in [0.15, 0.2) is 4.42 Å². The van der Waals surface area contributed by atoms with Crippen molar-refractivity contribution >= 4 is 5.88 Å². The van der Waals surface area contributed by atoms with Gasteiger partial charge in [-0.05, 0) is 6.92 Å². The van der Waals surface area contributed by atoms with E-state index in [1.54, 1.807) is 6.92 Å². The maximum atomic E-state index is 5.08. The zero-order chi connectivity index (χ0) is 6.85. The van der Waals surface area contributed by atoms with E-state index in [0.717, 1.165) is 5.69 Å². The van der Waals surface area contributed by atoms with Gasteiger partial charge in [-0.1, -0.05) is 0 Å². The fourth-order valence-electron chi connectivity index (χ4n) is 0.665. The van der Waals surface area contributed by atoms with Crippen molar-refractivity contribution in [2.24, 2.45) is 5.84 Å². The molecule has 4 heteroatoms. The lowest BCUT2D eigenvalue weighted by Gasteiger charge is -1.89. The SMILES string of the molecule is Cc1nc(C)c(NN)o1. The number of aryl methyl sites for hydroxylation is 2. The summed E-state index contributed by atoms with van der Waals surface area (Å²) < 4.78 is 5.02. The van der Waals surface area contributed by atoms with Crippen molar-refractivity contribution in [3.8, 4) is 0 Å². The first kappa shape index (κ1) is 6.10. The highest BCUT2D eigenvalue weighted by molar-refractivity contribution is 5.33. The Kier molecular flexibility index (Phi) is 1.40. The molecule has 1 rings (SSSR count). The van der Waals surface area contributed by atoms with Gasteiger partial charge in [-0.25, -0.2) is 10.8 Å². The number of rotatable bonds is 1. The number of nitrogens with one attached hydrogen (secondary N) is 1. The van der Waals surface area contributed by atoms with Crippen molar-refractivity contribution in [3.63, 3.8) is 0 Å². The van der Waals surface area contributed by atoms with Crippen LogP contribution in [0.3, 0.4) is 0 Å². The van der Waals surface area contributed by atoms with E-state index in [1.807, 2.05) is 6.92 Å². The fourth-order valence-corrected chi connectivity index (χ4v) is 0.665. The third-order valence-electron chi connectivity index (χ3n) is 1.03. The average molecular weight is 127 g/mol. The highest BCUT2D eigenvalue weighted by Crippen LogP contribution is 2.12. The molecule has 4 nitrogen and oxygen atoms in total. The Bertz CT molecular complexity index is 206. The van der Waals surface area contributed by atoms with Gasteiger partial charge in [0.25, 0.3) is 0 Å². The highest BCUT2D eigenvalue weighted by Gasteiger charge is 2.01. The maximum Gasteiger partial charge on any atom is 0.230 e. The lowest BCUT2D eigenvalue weighted by Crippen LogP contribution is -2.06. The van der Waals surface area contributed by atoms with Crippen LogP contribution in [0.2, 0.25) is 0 Å². The van der Waals surface area contributed by atoms with Gasteiger partial charge in [0.2, 0.25) is 5.88 Å². The van der Waals surface area contributed by atoms with Crippen LogP contribution in [0.1, 0.15) is 11.6 Å². The molecule has 0 saturated carbocycles. The van der Waals surface area contributed by atoms with Gasteiger partial charge >= 0.3 is 0 Å². The van der Waals surface area contributed by atoms with Crippen molar-refractivity contribution in [3.05, 3.63) is 11.6 Å². The largest absolute Gasteiger partial charge is 0.424 e. The molecule has 0 unspecified atom stereocenters. The number of hydrogen-bond acceptors (Lipinski definition) is 4. The summed E-state index contributed by atoms with van der Waals surface area (Å²) in [5.74, 6) is 6.24. The molecule has 0 radical (unpaired) electrons. The molecule has 50 valence electrons. The summed E-state index contributed by atoms with van der Waals surface area (Å²) in [6, 6.07) is 0. The Morgan fingerprint density at radius 3 is 2.44 bits per heavy atom. The van der Waals surface area contributed by atoms with E-state index in [0.29, 0.717) is 11.8 Å². The van der Waals surface area contributed by atoms with Crippen LogP contribution in [0.25, 0.3) is 0 Å².